The van der Waals surface area contributed by atoms with Crippen molar-refractivity contribution in [1.82, 2.24) is 24.2 Å². The Balaban J connectivity index is 1.35. The van der Waals surface area contributed by atoms with Gasteiger partial charge in [0.05, 0.1) is 17.4 Å². The van der Waals surface area contributed by atoms with Crippen molar-refractivity contribution in [2.75, 3.05) is 39.6 Å². The molecule has 1 saturated heterocycles. The number of rotatable bonds is 8. The van der Waals surface area contributed by atoms with Gasteiger partial charge in [-0.05, 0) is 61.3 Å². The van der Waals surface area contributed by atoms with Crippen molar-refractivity contribution < 1.29 is 13.2 Å². The fraction of sp³-hybridized carbons (Fsp3) is 0.333. The summed E-state index contributed by atoms with van der Waals surface area (Å²) >= 11 is 0. The number of anilines is 2. The predicted molar refractivity (Wildman–Crippen MR) is 149 cm³/mol. The molecule has 38 heavy (non-hydrogen) atoms. The number of aromatic nitrogens is 3. The lowest BCUT2D eigenvalue weighted by molar-refractivity contribution is 0.205. The summed E-state index contributed by atoms with van der Waals surface area (Å²) in [6, 6.07) is 15.3. The summed E-state index contributed by atoms with van der Waals surface area (Å²) in [5, 5.41) is 3.99. The molecule has 0 saturated carbocycles. The first-order valence-corrected chi connectivity index (χ1v) is 14.0. The highest BCUT2D eigenvalue weighted by molar-refractivity contribution is 7.89. The van der Waals surface area contributed by atoms with Crippen LogP contribution in [0.5, 0.6) is 5.88 Å². The highest BCUT2D eigenvalue weighted by Gasteiger charge is 2.20. The van der Waals surface area contributed by atoms with E-state index in [-0.39, 0.29) is 4.90 Å². The number of nitrogens with two attached hydrogens (primary N) is 1. The number of fused-ring (bicyclic) bond motifs is 1. The second kappa shape index (κ2) is 10.7. The number of piperidine rings is 1. The van der Waals surface area contributed by atoms with Crippen LogP contribution in [0.25, 0.3) is 22.2 Å². The summed E-state index contributed by atoms with van der Waals surface area (Å²) in [6.45, 7) is 2.98. The number of ether oxygens (including phenoxy) is 1. The minimum absolute atomic E-state index is 0.229. The maximum Gasteiger partial charge on any atom is 0.242 e. The number of aromatic amines is 1. The van der Waals surface area contributed by atoms with E-state index in [4.69, 9.17) is 10.5 Å². The molecule has 1 aliphatic rings. The molecule has 2 aromatic heterocycles. The molecular weight excluding hydrogens is 502 g/mol. The zero-order valence-corrected chi connectivity index (χ0v) is 22.6. The lowest BCUT2D eigenvalue weighted by Gasteiger charge is -2.30. The number of nitrogens with one attached hydrogen (secondary N) is 2. The van der Waals surface area contributed by atoms with Crippen LogP contribution in [0.4, 0.5) is 11.6 Å². The van der Waals surface area contributed by atoms with Crippen LogP contribution in [-0.2, 0) is 16.6 Å². The maximum absolute atomic E-state index is 12.4. The molecule has 1 aliphatic heterocycles. The van der Waals surface area contributed by atoms with E-state index >= 15 is 0 Å². The van der Waals surface area contributed by atoms with Gasteiger partial charge < -0.3 is 20.8 Å². The van der Waals surface area contributed by atoms with E-state index < -0.39 is 10.0 Å². The molecular formula is C27H33N7O3S. The molecule has 0 unspecified atom stereocenters. The summed E-state index contributed by atoms with van der Waals surface area (Å²) in [6.07, 6.45) is 3.92. The van der Waals surface area contributed by atoms with Crippen LogP contribution >= 0.6 is 0 Å². The van der Waals surface area contributed by atoms with E-state index in [0.29, 0.717) is 23.5 Å². The first kappa shape index (κ1) is 26.1. The van der Waals surface area contributed by atoms with Gasteiger partial charge in [-0.3, -0.25) is 4.90 Å². The normalized spacial score (nSPS) is 15.3. The molecule has 0 radical (unpaired) electrons. The topological polar surface area (TPSA) is 129 Å². The molecule has 0 bridgehead atoms. The van der Waals surface area contributed by atoms with Crippen molar-refractivity contribution in [3.63, 3.8) is 0 Å². The summed E-state index contributed by atoms with van der Waals surface area (Å²) in [7, 11) is 1.08. The smallest absolute Gasteiger partial charge is 0.242 e. The first-order chi connectivity index (χ1) is 18.2. The monoisotopic (exact) mass is 535 g/mol. The number of nitrogens with zero attached hydrogens (tertiary/aromatic N) is 4. The van der Waals surface area contributed by atoms with E-state index in [1.165, 1.54) is 24.0 Å². The number of H-pyrrole nitrogens is 1. The summed E-state index contributed by atoms with van der Waals surface area (Å²) in [5.41, 5.74) is 10.4. The molecule has 0 spiro atoms. The van der Waals surface area contributed by atoms with Crippen molar-refractivity contribution in [1.29, 1.82) is 0 Å². The maximum atomic E-state index is 12.4. The average molecular weight is 536 g/mol. The Hall–Kier alpha value is -3.51. The van der Waals surface area contributed by atoms with Crippen LogP contribution < -0.4 is 15.8 Å². The Morgan fingerprint density at radius 1 is 1.08 bits per heavy atom. The van der Waals surface area contributed by atoms with Crippen molar-refractivity contribution in [3.8, 4) is 17.0 Å². The molecule has 3 heterocycles. The molecule has 0 atom stereocenters. The lowest BCUT2D eigenvalue weighted by Crippen LogP contribution is -2.39. The second-order valence-corrected chi connectivity index (χ2v) is 11.9. The SMILES string of the molecule is COc1nc(Nc2ccc(CN3CCC(N)CC3)cc2)nc2[nH]cc(-c3ccc(S(=O)(=O)N(C)C)cc3)c12. The van der Waals surface area contributed by atoms with Crippen LogP contribution in [0, 0.1) is 0 Å². The van der Waals surface area contributed by atoms with E-state index in [0.717, 1.165) is 54.7 Å². The Bertz CT molecular complexity index is 1510. The lowest BCUT2D eigenvalue weighted by atomic mass is 10.1. The Kier molecular flexibility index (Phi) is 7.35. The largest absolute Gasteiger partial charge is 0.480 e. The summed E-state index contributed by atoms with van der Waals surface area (Å²) in [5.74, 6) is 0.826. The minimum Gasteiger partial charge on any atom is -0.480 e. The fourth-order valence-corrected chi connectivity index (χ4v) is 5.54. The van der Waals surface area contributed by atoms with Gasteiger partial charge in [-0.2, -0.15) is 9.97 Å². The molecule has 2 aromatic carbocycles. The molecule has 0 aliphatic carbocycles. The number of hydrogen-bond acceptors (Lipinski definition) is 8. The van der Waals surface area contributed by atoms with Gasteiger partial charge in [-0.1, -0.05) is 24.3 Å². The number of likely N-dealkylation sites (tertiary alicyclic amines) is 1. The third-order valence-electron chi connectivity index (χ3n) is 6.88. The quantitative estimate of drug-likeness (QED) is 0.312. The molecule has 5 rings (SSSR count). The van der Waals surface area contributed by atoms with Crippen molar-refractivity contribution >= 4 is 32.7 Å². The Morgan fingerprint density at radius 3 is 2.39 bits per heavy atom. The van der Waals surface area contributed by atoms with E-state index in [9.17, 15) is 8.42 Å². The summed E-state index contributed by atoms with van der Waals surface area (Å²) in [4.78, 5) is 15.1. The van der Waals surface area contributed by atoms with Gasteiger partial charge in [-0.15, -0.1) is 0 Å². The second-order valence-electron chi connectivity index (χ2n) is 9.73. The third-order valence-corrected chi connectivity index (χ3v) is 8.71. The minimum atomic E-state index is -3.50. The number of benzene rings is 2. The van der Waals surface area contributed by atoms with Gasteiger partial charge in [0.1, 0.15) is 5.65 Å². The van der Waals surface area contributed by atoms with Crippen molar-refractivity contribution in [2.24, 2.45) is 5.73 Å². The van der Waals surface area contributed by atoms with E-state index in [1.54, 1.807) is 31.4 Å². The molecule has 4 aromatic rings. The molecule has 10 nitrogen and oxygen atoms in total. The first-order valence-electron chi connectivity index (χ1n) is 12.5. The van der Waals surface area contributed by atoms with Gasteiger partial charge in [-0.25, -0.2) is 12.7 Å². The van der Waals surface area contributed by atoms with E-state index in [1.807, 2.05) is 18.3 Å². The van der Waals surface area contributed by atoms with Crippen molar-refractivity contribution in [3.05, 3.63) is 60.3 Å². The van der Waals surface area contributed by atoms with Gasteiger partial charge in [0, 0.05) is 44.1 Å². The number of hydrogen-bond donors (Lipinski definition) is 3. The number of methoxy groups -OCH3 is 1. The Morgan fingerprint density at radius 2 is 1.76 bits per heavy atom. The van der Waals surface area contributed by atoms with Crippen LogP contribution in [0.1, 0.15) is 18.4 Å². The summed E-state index contributed by atoms with van der Waals surface area (Å²) < 4.78 is 31.6. The van der Waals surface area contributed by atoms with Crippen LogP contribution in [0.2, 0.25) is 0 Å². The van der Waals surface area contributed by atoms with Crippen molar-refractivity contribution in [2.45, 2.75) is 30.3 Å². The molecule has 200 valence electrons. The van der Waals surface area contributed by atoms with E-state index in [2.05, 4.69) is 37.3 Å². The van der Waals surface area contributed by atoms with Gasteiger partial charge in [0.25, 0.3) is 0 Å². The third kappa shape index (κ3) is 5.37. The standard InChI is InChI=1S/C27H33N7O3S/c1-33(2)38(35,36)22-10-6-19(7-11-22)23-16-29-25-24(23)26(37-3)32-27(31-25)30-21-8-4-18(5-9-21)17-34-14-12-20(28)13-15-34/h4-11,16,20H,12-15,17,28H2,1-3H3,(H2,29,30,31,32). The van der Waals surface area contributed by atoms with Gasteiger partial charge in [0.15, 0.2) is 0 Å². The van der Waals surface area contributed by atoms with Crippen LogP contribution in [-0.4, -0.2) is 72.9 Å². The molecule has 11 heteroatoms. The zero-order chi connectivity index (χ0) is 26.9. The Labute approximate surface area is 222 Å². The molecule has 4 N–H and O–H groups in total. The van der Waals surface area contributed by atoms with Crippen LogP contribution in [0.15, 0.2) is 59.6 Å². The van der Waals surface area contributed by atoms with Gasteiger partial charge in [0.2, 0.25) is 21.9 Å². The highest BCUT2D eigenvalue weighted by Crippen LogP contribution is 2.35. The van der Waals surface area contributed by atoms with Gasteiger partial charge >= 0.3 is 0 Å². The molecule has 0 amide bonds. The molecule has 1 fully saturated rings. The zero-order valence-electron chi connectivity index (χ0n) is 21.8. The average Bonchev–Trinajstić information content (AvgIpc) is 3.35. The van der Waals surface area contributed by atoms with Crippen LogP contribution in [0.3, 0.4) is 0 Å². The number of sulfonamides is 1. The predicted octanol–water partition coefficient (Wildman–Crippen LogP) is 3.55. The highest BCUT2D eigenvalue weighted by atomic mass is 32.2. The fourth-order valence-electron chi connectivity index (χ4n) is 4.64.